The quantitative estimate of drug-likeness (QED) is 0.118. The summed E-state index contributed by atoms with van der Waals surface area (Å²) in [4.78, 5) is 47.3. The standard InChI is InChI=1S/C25H29N5O6.C3H8/c1-27-20-21(23(32)22(20)31)30-19-8-4-17(5-9-19)25(34)29-11-13-36-15-14-35-12-10-28-24(33)16-2-6-18(26)7-3-16;1-3-2/h2-9,27,30H,10-15,26H2,1H3,(H,28,33)(H,29,34);3H2,1-2H3. The summed E-state index contributed by atoms with van der Waals surface area (Å²) in [5, 5.41) is 11.1. The van der Waals surface area contributed by atoms with E-state index in [-0.39, 0.29) is 23.2 Å². The van der Waals surface area contributed by atoms with Crippen LogP contribution in [0.5, 0.6) is 0 Å². The number of anilines is 4. The lowest BCUT2D eigenvalue weighted by molar-refractivity contribution is 0.0486. The van der Waals surface area contributed by atoms with E-state index in [2.05, 4.69) is 35.1 Å². The van der Waals surface area contributed by atoms with Crippen LogP contribution in [0, 0.1) is 0 Å². The molecule has 0 unspecified atom stereocenters. The van der Waals surface area contributed by atoms with Gasteiger partial charge in [-0.1, -0.05) is 20.3 Å². The number of nitrogen functional groups attached to an aromatic ring is 1. The van der Waals surface area contributed by atoms with E-state index in [1.54, 1.807) is 55.6 Å². The lowest BCUT2D eigenvalue weighted by Gasteiger charge is -2.13. The van der Waals surface area contributed by atoms with Crippen LogP contribution >= 0.6 is 0 Å². The first-order valence-corrected chi connectivity index (χ1v) is 12.8. The third-order valence-corrected chi connectivity index (χ3v) is 5.19. The summed E-state index contributed by atoms with van der Waals surface area (Å²) in [5.41, 5.74) is 7.09. The van der Waals surface area contributed by atoms with Crippen molar-refractivity contribution in [3.05, 3.63) is 80.1 Å². The minimum absolute atomic E-state index is 0.193. The molecule has 0 saturated heterocycles. The van der Waals surface area contributed by atoms with Gasteiger partial charge in [-0.3, -0.25) is 19.2 Å². The molecule has 0 aliphatic carbocycles. The van der Waals surface area contributed by atoms with Crippen LogP contribution in [0.25, 0.3) is 0 Å². The van der Waals surface area contributed by atoms with Crippen molar-refractivity contribution in [2.24, 2.45) is 0 Å². The number of hydrogen-bond acceptors (Lipinski definition) is 9. The zero-order valence-electron chi connectivity index (χ0n) is 22.6. The maximum absolute atomic E-state index is 12.2. The topological polar surface area (TPSA) is 161 Å². The number of benzene rings is 2. The van der Waals surface area contributed by atoms with Crippen molar-refractivity contribution in [3.8, 4) is 0 Å². The van der Waals surface area contributed by atoms with Crippen LogP contribution in [0.4, 0.5) is 22.7 Å². The molecule has 0 aromatic heterocycles. The largest absolute Gasteiger partial charge is 0.399 e. The molecule has 39 heavy (non-hydrogen) atoms. The summed E-state index contributed by atoms with van der Waals surface area (Å²) < 4.78 is 10.8. The van der Waals surface area contributed by atoms with E-state index >= 15 is 0 Å². The molecular weight excluding hydrogens is 502 g/mol. The first-order valence-electron chi connectivity index (χ1n) is 12.8. The Balaban J connectivity index is 0.00000170. The van der Waals surface area contributed by atoms with Crippen molar-refractivity contribution in [2.45, 2.75) is 20.3 Å². The van der Waals surface area contributed by atoms with E-state index in [1.807, 2.05) is 0 Å². The second-order valence-corrected chi connectivity index (χ2v) is 8.43. The maximum atomic E-state index is 12.2. The molecule has 0 bridgehead atoms. The highest BCUT2D eigenvalue weighted by atomic mass is 16.5. The molecule has 0 spiro atoms. The molecule has 3 rings (SSSR count). The van der Waals surface area contributed by atoms with Crippen LogP contribution in [0.3, 0.4) is 0 Å². The Hall–Kier alpha value is -4.22. The van der Waals surface area contributed by atoms with Gasteiger partial charge in [0, 0.05) is 42.6 Å². The number of ether oxygens (including phenoxy) is 2. The van der Waals surface area contributed by atoms with Gasteiger partial charge < -0.3 is 36.5 Å². The average molecular weight is 540 g/mol. The SMILES string of the molecule is CCC.CNc1c(Nc2ccc(C(=O)NCCOCCOCCNC(=O)c3ccc(N)cc3)cc2)c(=O)c1=O. The zero-order valence-corrected chi connectivity index (χ0v) is 22.6. The van der Waals surface area contributed by atoms with Crippen LogP contribution in [0.2, 0.25) is 0 Å². The number of nitrogens with two attached hydrogens (primary N) is 1. The number of carbonyl (C=O) groups excluding carboxylic acids is 2. The summed E-state index contributed by atoms with van der Waals surface area (Å²) in [6.07, 6.45) is 1.25. The minimum Gasteiger partial charge on any atom is -0.399 e. The van der Waals surface area contributed by atoms with Gasteiger partial charge in [0.25, 0.3) is 22.7 Å². The molecule has 11 heteroatoms. The molecule has 0 heterocycles. The van der Waals surface area contributed by atoms with Gasteiger partial charge in [-0.15, -0.1) is 0 Å². The highest BCUT2D eigenvalue weighted by Crippen LogP contribution is 2.20. The third-order valence-electron chi connectivity index (χ3n) is 5.19. The molecule has 0 saturated carbocycles. The first kappa shape index (κ1) is 31.0. The molecule has 0 fully saturated rings. The number of amides is 2. The molecule has 3 aromatic rings. The summed E-state index contributed by atoms with van der Waals surface area (Å²) in [6, 6.07) is 13.2. The van der Waals surface area contributed by atoms with Gasteiger partial charge in [0.05, 0.1) is 26.4 Å². The van der Waals surface area contributed by atoms with Gasteiger partial charge in [-0.2, -0.15) is 0 Å². The van der Waals surface area contributed by atoms with Crippen molar-refractivity contribution in [1.82, 2.24) is 10.6 Å². The molecule has 0 aliphatic rings. The summed E-state index contributed by atoms with van der Waals surface area (Å²) in [6.45, 7) is 6.33. The molecule has 2 amide bonds. The second kappa shape index (κ2) is 16.6. The smallest absolute Gasteiger partial charge is 0.253 e. The van der Waals surface area contributed by atoms with Crippen LogP contribution < -0.4 is 37.9 Å². The zero-order chi connectivity index (χ0) is 28.6. The minimum atomic E-state index is -0.576. The van der Waals surface area contributed by atoms with Gasteiger partial charge >= 0.3 is 0 Å². The highest BCUT2D eigenvalue weighted by Gasteiger charge is 2.19. The number of hydrogen-bond donors (Lipinski definition) is 5. The second-order valence-electron chi connectivity index (χ2n) is 8.43. The van der Waals surface area contributed by atoms with Crippen molar-refractivity contribution >= 4 is 34.6 Å². The van der Waals surface area contributed by atoms with Crippen LogP contribution in [0.15, 0.2) is 58.1 Å². The highest BCUT2D eigenvalue weighted by molar-refractivity contribution is 5.95. The van der Waals surface area contributed by atoms with E-state index in [0.29, 0.717) is 62.0 Å². The number of nitrogens with one attached hydrogen (secondary N) is 4. The van der Waals surface area contributed by atoms with Gasteiger partial charge in [0.15, 0.2) is 0 Å². The summed E-state index contributed by atoms with van der Waals surface area (Å²) >= 11 is 0. The molecule has 0 aliphatic heterocycles. The molecule has 3 aromatic carbocycles. The normalized spacial score (nSPS) is 10.3. The predicted molar refractivity (Wildman–Crippen MR) is 154 cm³/mol. The van der Waals surface area contributed by atoms with Gasteiger partial charge in [-0.25, -0.2) is 0 Å². The van der Waals surface area contributed by atoms with Crippen LogP contribution in [-0.2, 0) is 9.47 Å². The Bertz CT molecular complexity index is 1250. The van der Waals surface area contributed by atoms with E-state index in [0.717, 1.165) is 0 Å². The Morgan fingerprint density at radius 2 is 1.15 bits per heavy atom. The fraction of sp³-hybridized carbons (Fsp3) is 0.357. The van der Waals surface area contributed by atoms with Gasteiger partial charge in [0.1, 0.15) is 11.4 Å². The molecule has 6 N–H and O–H groups in total. The van der Waals surface area contributed by atoms with Gasteiger partial charge in [-0.05, 0) is 48.5 Å². The Morgan fingerprint density at radius 1 is 0.718 bits per heavy atom. The van der Waals surface area contributed by atoms with Crippen molar-refractivity contribution in [3.63, 3.8) is 0 Å². The van der Waals surface area contributed by atoms with E-state index in [4.69, 9.17) is 15.2 Å². The average Bonchev–Trinajstić information content (AvgIpc) is 2.94. The summed E-state index contributed by atoms with van der Waals surface area (Å²) in [7, 11) is 1.57. The Morgan fingerprint density at radius 3 is 1.62 bits per heavy atom. The first-order chi connectivity index (χ1) is 18.8. The van der Waals surface area contributed by atoms with E-state index < -0.39 is 10.9 Å². The summed E-state index contributed by atoms with van der Waals surface area (Å²) in [5.74, 6) is -0.454. The lowest BCUT2D eigenvalue weighted by atomic mass is 10.1. The molecular formula is C28H37N5O6. The predicted octanol–water partition coefficient (Wildman–Crippen LogP) is 2.26. The number of rotatable bonds is 14. The van der Waals surface area contributed by atoms with Gasteiger partial charge in [0.2, 0.25) is 0 Å². The lowest BCUT2D eigenvalue weighted by Crippen LogP contribution is -2.35. The van der Waals surface area contributed by atoms with Crippen molar-refractivity contribution < 1.29 is 19.1 Å². The van der Waals surface area contributed by atoms with E-state index in [9.17, 15) is 19.2 Å². The Kier molecular flexibility index (Phi) is 13.2. The van der Waals surface area contributed by atoms with Crippen molar-refractivity contribution in [1.29, 1.82) is 0 Å². The number of carbonyl (C=O) groups is 2. The molecule has 0 atom stereocenters. The molecule has 210 valence electrons. The van der Waals surface area contributed by atoms with Crippen molar-refractivity contribution in [2.75, 3.05) is 62.9 Å². The molecule has 0 radical (unpaired) electrons. The molecule has 11 nitrogen and oxygen atoms in total. The van der Waals surface area contributed by atoms with Crippen LogP contribution in [0.1, 0.15) is 41.0 Å². The maximum Gasteiger partial charge on any atom is 0.253 e. The van der Waals surface area contributed by atoms with E-state index in [1.165, 1.54) is 6.42 Å². The fourth-order valence-corrected chi connectivity index (χ4v) is 3.23. The third kappa shape index (κ3) is 9.87. The fourth-order valence-electron chi connectivity index (χ4n) is 3.23. The van der Waals surface area contributed by atoms with Crippen LogP contribution in [-0.4, -0.2) is 58.4 Å². The Labute approximate surface area is 227 Å². The monoisotopic (exact) mass is 539 g/mol.